The number of hydrogen-bond donors (Lipinski definition) is 2. The van der Waals surface area contributed by atoms with Crippen LogP contribution in [0.2, 0.25) is 0 Å². The van der Waals surface area contributed by atoms with Gasteiger partial charge >= 0.3 is 5.97 Å². The molecule has 138 valence electrons. The van der Waals surface area contributed by atoms with Crippen LogP contribution in [0, 0.1) is 0 Å². The molecule has 2 N–H and O–H groups in total. The molecule has 0 radical (unpaired) electrons. The number of anilines is 1. The summed E-state index contributed by atoms with van der Waals surface area (Å²) in [5.41, 5.74) is 0.371. The van der Waals surface area contributed by atoms with Crippen molar-refractivity contribution in [1.82, 2.24) is 4.90 Å². The van der Waals surface area contributed by atoms with Crippen molar-refractivity contribution in [3.05, 3.63) is 29.8 Å². The van der Waals surface area contributed by atoms with Crippen LogP contribution in [0.15, 0.2) is 24.3 Å². The largest absolute Gasteiger partial charge is 0.481 e. The number of aliphatic carboxylic acids is 1. The second-order valence-electron chi connectivity index (χ2n) is 5.85. The minimum atomic E-state index is -3.54. The van der Waals surface area contributed by atoms with E-state index in [1.807, 2.05) is 0 Å². The molecule has 2 atom stereocenters. The third kappa shape index (κ3) is 4.70. The van der Waals surface area contributed by atoms with Gasteiger partial charge in [0.15, 0.2) is 0 Å². The van der Waals surface area contributed by atoms with Crippen LogP contribution in [0.5, 0.6) is 0 Å². The van der Waals surface area contributed by atoms with Crippen molar-refractivity contribution in [2.24, 2.45) is 0 Å². The highest BCUT2D eigenvalue weighted by Crippen LogP contribution is 2.27. The number of methoxy groups -OCH3 is 1. The standard InChI is InChI=1S/C16H22N2O6S/c1-3-25(22,23)17-14-7-5-4-6-13(14)16(21)18-10-12(24-2)8-11(18)9-15(19)20/h4-7,11-12,17H,3,8-10H2,1-2H3,(H,19,20). The van der Waals surface area contributed by atoms with Gasteiger partial charge in [0.1, 0.15) is 0 Å². The summed E-state index contributed by atoms with van der Waals surface area (Å²) in [6.45, 7) is 1.77. The number of carbonyl (C=O) groups excluding carboxylic acids is 1. The summed E-state index contributed by atoms with van der Waals surface area (Å²) in [5, 5.41) is 9.07. The maximum Gasteiger partial charge on any atom is 0.305 e. The quantitative estimate of drug-likeness (QED) is 0.744. The molecule has 1 aliphatic rings. The fraction of sp³-hybridized carbons (Fsp3) is 0.500. The van der Waals surface area contributed by atoms with Gasteiger partial charge in [-0.05, 0) is 25.5 Å². The molecule has 1 heterocycles. The average Bonchev–Trinajstić information content (AvgIpc) is 2.96. The minimum Gasteiger partial charge on any atom is -0.481 e. The fourth-order valence-corrected chi connectivity index (χ4v) is 3.50. The van der Waals surface area contributed by atoms with Crippen LogP contribution in [-0.2, 0) is 19.6 Å². The predicted molar refractivity (Wildman–Crippen MR) is 92.0 cm³/mol. The SMILES string of the molecule is CCS(=O)(=O)Nc1ccccc1C(=O)N1CC(OC)CC1CC(=O)O. The van der Waals surface area contributed by atoms with Gasteiger partial charge in [-0.25, -0.2) is 8.42 Å². The molecule has 1 fully saturated rings. The summed E-state index contributed by atoms with van der Waals surface area (Å²) in [5.74, 6) is -1.54. The zero-order valence-electron chi connectivity index (χ0n) is 14.1. The lowest BCUT2D eigenvalue weighted by Gasteiger charge is -2.24. The number of carboxylic acid groups (broad SMARTS) is 1. The minimum absolute atomic E-state index is 0.118. The van der Waals surface area contributed by atoms with Crippen molar-refractivity contribution >= 4 is 27.6 Å². The Morgan fingerprint density at radius 1 is 1.36 bits per heavy atom. The van der Waals surface area contributed by atoms with Crippen molar-refractivity contribution < 1.29 is 27.9 Å². The van der Waals surface area contributed by atoms with Gasteiger partial charge in [0.25, 0.3) is 5.91 Å². The Morgan fingerprint density at radius 2 is 2.04 bits per heavy atom. The maximum atomic E-state index is 12.9. The van der Waals surface area contributed by atoms with E-state index < -0.39 is 27.9 Å². The smallest absolute Gasteiger partial charge is 0.305 e. The van der Waals surface area contributed by atoms with Crippen LogP contribution < -0.4 is 4.72 Å². The number of rotatable bonds is 7. The summed E-state index contributed by atoms with van der Waals surface area (Å²) in [6, 6.07) is 5.80. The van der Waals surface area contributed by atoms with Crippen molar-refractivity contribution in [3.8, 4) is 0 Å². The normalized spacial score (nSPS) is 20.5. The first kappa shape index (κ1) is 19.2. The molecule has 2 unspecified atom stereocenters. The number of para-hydroxylation sites is 1. The van der Waals surface area contributed by atoms with Gasteiger partial charge in [0.05, 0.1) is 29.5 Å². The molecule has 1 saturated heterocycles. The lowest BCUT2D eigenvalue weighted by Crippen LogP contribution is -2.37. The Morgan fingerprint density at radius 3 is 2.64 bits per heavy atom. The Labute approximate surface area is 146 Å². The number of sulfonamides is 1. The molecule has 1 amide bonds. The van der Waals surface area contributed by atoms with Crippen molar-refractivity contribution in [3.63, 3.8) is 0 Å². The number of ether oxygens (including phenoxy) is 1. The van der Waals surface area contributed by atoms with Gasteiger partial charge in [0, 0.05) is 19.7 Å². The van der Waals surface area contributed by atoms with Gasteiger partial charge in [-0.2, -0.15) is 0 Å². The number of hydrogen-bond acceptors (Lipinski definition) is 5. The summed E-state index contributed by atoms with van der Waals surface area (Å²) in [6.07, 6.45) is -0.000869. The van der Waals surface area contributed by atoms with E-state index in [-0.39, 0.29) is 36.1 Å². The Bertz CT molecular complexity index is 749. The molecule has 1 aromatic rings. The van der Waals surface area contributed by atoms with Crippen LogP contribution in [-0.4, -0.2) is 61.9 Å². The molecule has 0 spiro atoms. The molecule has 1 aliphatic heterocycles. The molecule has 1 aromatic carbocycles. The van der Waals surface area contributed by atoms with Crippen LogP contribution in [0.25, 0.3) is 0 Å². The highest BCUT2D eigenvalue weighted by atomic mass is 32.2. The topological polar surface area (TPSA) is 113 Å². The molecule has 0 aromatic heterocycles. The highest BCUT2D eigenvalue weighted by molar-refractivity contribution is 7.92. The number of likely N-dealkylation sites (tertiary alicyclic amines) is 1. The molecule has 9 heteroatoms. The zero-order chi connectivity index (χ0) is 18.6. The molecule has 0 saturated carbocycles. The third-order valence-electron chi connectivity index (χ3n) is 4.18. The number of carbonyl (C=O) groups is 2. The number of carboxylic acids is 1. The molecule has 25 heavy (non-hydrogen) atoms. The van der Waals surface area contributed by atoms with Crippen molar-refractivity contribution in [2.45, 2.75) is 31.9 Å². The first-order valence-corrected chi connectivity index (χ1v) is 9.57. The number of nitrogens with zero attached hydrogens (tertiary/aromatic N) is 1. The van der Waals surface area contributed by atoms with Crippen molar-refractivity contribution in [1.29, 1.82) is 0 Å². The Kier molecular flexibility index (Phi) is 6.02. The van der Waals surface area contributed by atoms with E-state index in [1.165, 1.54) is 31.1 Å². The van der Waals surface area contributed by atoms with Crippen LogP contribution in [0.1, 0.15) is 30.1 Å². The third-order valence-corrected chi connectivity index (χ3v) is 5.47. The predicted octanol–water partition coefficient (Wildman–Crippen LogP) is 1.15. The lowest BCUT2D eigenvalue weighted by molar-refractivity contribution is -0.138. The van der Waals surface area contributed by atoms with E-state index in [9.17, 15) is 18.0 Å². The second kappa shape index (κ2) is 7.83. The molecule has 2 rings (SSSR count). The van der Waals surface area contributed by atoms with E-state index in [1.54, 1.807) is 12.1 Å². The van der Waals surface area contributed by atoms with Gasteiger partial charge in [-0.3, -0.25) is 14.3 Å². The Hall–Kier alpha value is -2.13. The summed E-state index contributed by atoms with van der Waals surface area (Å²) in [7, 11) is -2.03. The number of nitrogens with one attached hydrogen (secondary N) is 1. The molecule has 8 nitrogen and oxygen atoms in total. The fourth-order valence-electron chi connectivity index (χ4n) is 2.84. The number of amides is 1. The number of benzene rings is 1. The van der Waals surface area contributed by atoms with E-state index in [4.69, 9.17) is 9.84 Å². The summed E-state index contributed by atoms with van der Waals surface area (Å²) >= 11 is 0. The monoisotopic (exact) mass is 370 g/mol. The van der Waals surface area contributed by atoms with Gasteiger partial charge in [-0.1, -0.05) is 12.1 Å². The first-order valence-electron chi connectivity index (χ1n) is 7.92. The second-order valence-corrected chi connectivity index (χ2v) is 7.86. The summed E-state index contributed by atoms with van der Waals surface area (Å²) < 4.78 is 31.3. The lowest BCUT2D eigenvalue weighted by atomic mass is 10.1. The van der Waals surface area contributed by atoms with E-state index in [0.717, 1.165) is 0 Å². The van der Waals surface area contributed by atoms with E-state index in [2.05, 4.69) is 4.72 Å². The maximum absolute atomic E-state index is 12.9. The average molecular weight is 370 g/mol. The van der Waals surface area contributed by atoms with Crippen LogP contribution in [0.4, 0.5) is 5.69 Å². The zero-order valence-corrected chi connectivity index (χ0v) is 15.0. The Balaban J connectivity index is 2.31. The van der Waals surface area contributed by atoms with Gasteiger partial charge in [0.2, 0.25) is 10.0 Å². The highest BCUT2D eigenvalue weighted by Gasteiger charge is 2.37. The molecular formula is C16H22N2O6S. The van der Waals surface area contributed by atoms with Crippen LogP contribution >= 0.6 is 0 Å². The van der Waals surface area contributed by atoms with E-state index >= 15 is 0 Å². The first-order chi connectivity index (χ1) is 11.8. The molecule has 0 aliphatic carbocycles. The van der Waals surface area contributed by atoms with Crippen molar-refractivity contribution in [2.75, 3.05) is 24.1 Å². The van der Waals surface area contributed by atoms with Crippen LogP contribution in [0.3, 0.4) is 0 Å². The molecular weight excluding hydrogens is 348 g/mol. The summed E-state index contributed by atoms with van der Waals surface area (Å²) in [4.78, 5) is 25.5. The molecule has 0 bridgehead atoms. The van der Waals surface area contributed by atoms with E-state index in [0.29, 0.717) is 6.42 Å². The van der Waals surface area contributed by atoms with Gasteiger partial charge in [-0.15, -0.1) is 0 Å². The van der Waals surface area contributed by atoms with Gasteiger partial charge < -0.3 is 14.7 Å².